The van der Waals surface area contributed by atoms with Gasteiger partial charge >= 0.3 is 5.97 Å². The van der Waals surface area contributed by atoms with Gasteiger partial charge in [0, 0.05) is 11.6 Å². The Morgan fingerprint density at radius 2 is 2.10 bits per heavy atom. The van der Waals surface area contributed by atoms with Crippen LogP contribution in [0.15, 0.2) is 23.1 Å². The molecule has 20 heavy (non-hydrogen) atoms. The van der Waals surface area contributed by atoms with E-state index in [0.29, 0.717) is 10.6 Å². The highest BCUT2D eigenvalue weighted by Crippen LogP contribution is 2.32. The van der Waals surface area contributed by atoms with Gasteiger partial charge in [-0.05, 0) is 49.4 Å². The zero-order chi connectivity index (χ0) is 14.9. The molecule has 5 nitrogen and oxygen atoms in total. The second-order valence-corrected chi connectivity index (χ2v) is 7.39. The maximum Gasteiger partial charge on any atom is 0.318 e. The highest BCUT2D eigenvalue weighted by molar-refractivity contribution is 7.89. The number of benzene rings is 1. The van der Waals surface area contributed by atoms with Crippen LogP contribution in [-0.4, -0.2) is 36.9 Å². The average molecular weight is 318 g/mol. The summed E-state index contributed by atoms with van der Waals surface area (Å²) in [5.41, 5.74) is 0.517. The van der Waals surface area contributed by atoms with Gasteiger partial charge < -0.3 is 5.11 Å². The SMILES string of the molecule is Cc1cc(Cl)ccc1S(=O)(=O)N(CC(=O)O)CC1CC1. The molecule has 1 aliphatic carbocycles. The first-order chi connectivity index (χ1) is 9.30. The molecule has 0 bridgehead atoms. The van der Waals surface area contributed by atoms with Crippen LogP contribution < -0.4 is 0 Å². The number of halogens is 1. The lowest BCUT2D eigenvalue weighted by atomic mass is 10.2. The average Bonchev–Trinajstić information content (AvgIpc) is 3.10. The van der Waals surface area contributed by atoms with E-state index in [4.69, 9.17) is 16.7 Å². The quantitative estimate of drug-likeness (QED) is 0.872. The Hall–Kier alpha value is -1.11. The molecule has 0 radical (unpaired) electrons. The van der Waals surface area contributed by atoms with Gasteiger partial charge in [-0.15, -0.1) is 0 Å². The van der Waals surface area contributed by atoms with Crippen LogP contribution in [0, 0.1) is 12.8 Å². The van der Waals surface area contributed by atoms with E-state index in [2.05, 4.69) is 0 Å². The molecular formula is C13H16ClNO4S. The summed E-state index contributed by atoms with van der Waals surface area (Å²) in [7, 11) is -3.80. The third-order valence-electron chi connectivity index (χ3n) is 3.23. The molecule has 1 N–H and O–H groups in total. The smallest absolute Gasteiger partial charge is 0.318 e. The number of aryl methyl sites for hydroxylation is 1. The van der Waals surface area contributed by atoms with Crippen molar-refractivity contribution < 1.29 is 18.3 Å². The molecule has 1 aromatic carbocycles. The van der Waals surface area contributed by atoms with Crippen LogP contribution in [0.2, 0.25) is 5.02 Å². The van der Waals surface area contributed by atoms with Crippen molar-refractivity contribution in [2.24, 2.45) is 5.92 Å². The van der Waals surface area contributed by atoms with Gasteiger partial charge in [-0.25, -0.2) is 8.42 Å². The first-order valence-electron chi connectivity index (χ1n) is 6.29. The van der Waals surface area contributed by atoms with Crippen LogP contribution in [0.4, 0.5) is 0 Å². The third kappa shape index (κ3) is 3.50. The highest BCUT2D eigenvalue weighted by Gasteiger charge is 2.33. The first kappa shape index (κ1) is 15.3. The Bertz CT molecular complexity index is 625. The van der Waals surface area contributed by atoms with Crippen molar-refractivity contribution in [3.8, 4) is 0 Å². The van der Waals surface area contributed by atoms with Gasteiger partial charge in [-0.2, -0.15) is 4.31 Å². The largest absolute Gasteiger partial charge is 0.480 e. The van der Waals surface area contributed by atoms with E-state index >= 15 is 0 Å². The number of carboxylic acids is 1. The lowest BCUT2D eigenvalue weighted by molar-refractivity contribution is -0.137. The summed E-state index contributed by atoms with van der Waals surface area (Å²) in [5, 5.41) is 9.37. The monoisotopic (exact) mass is 317 g/mol. The summed E-state index contributed by atoms with van der Waals surface area (Å²) < 4.78 is 26.2. The van der Waals surface area contributed by atoms with Crippen molar-refractivity contribution >= 4 is 27.6 Å². The van der Waals surface area contributed by atoms with Gasteiger partial charge in [0.25, 0.3) is 0 Å². The molecule has 1 saturated carbocycles. The van der Waals surface area contributed by atoms with Gasteiger partial charge in [-0.1, -0.05) is 11.6 Å². The Morgan fingerprint density at radius 1 is 1.45 bits per heavy atom. The second-order valence-electron chi connectivity index (χ2n) is 5.04. The van der Waals surface area contributed by atoms with E-state index in [1.807, 2.05) is 0 Å². The second kappa shape index (κ2) is 5.71. The minimum Gasteiger partial charge on any atom is -0.480 e. The van der Waals surface area contributed by atoms with Crippen molar-refractivity contribution in [1.82, 2.24) is 4.31 Å². The molecule has 2 rings (SSSR count). The van der Waals surface area contributed by atoms with Gasteiger partial charge in [0.2, 0.25) is 10.0 Å². The van der Waals surface area contributed by atoms with Crippen LogP contribution in [-0.2, 0) is 14.8 Å². The zero-order valence-corrected chi connectivity index (χ0v) is 12.6. The summed E-state index contributed by atoms with van der Waals surface area (Å²) in [4.78, 5) is 11.0. The number of hydrogen-bond acceptors (Lipinski definition) is 3. The minimum absolute atomic E-state index is 0.115. The minimum atomic E-state index is -3.80. The first-order valence-corrected chi connectivity index (χ1v) is 8.10. The highest BCUT2D eigenvalue weighted by atomic mass is 35.5. The zero-order valence-electron chi connectivity index (χ0n) is 11.0. The molecular weight excluding hydrogens is 302 g/mol. The molecule has 1 aromatic rings. The molecule has 0 aromatic heterocycles. The summed E-state index contributed by atoms with van der Waals surface area (Å²) in [6.07, 6.45) is 1.90. The van der Waals surface area contributed by atoms with Crippen LogP contribution in [0.1, 0.15) is 18.4 Å². The normalized spacial score (nSPS) is 15.6. The summed E-state index contributed by atoms with van der Waals surface area (Å²) in [5.74, 6) is -0.877. The number of rotatable bonds is 6. The van der Waals surface area contributed by atoms with E-state index in [1.54, 1.807) is 13.0 Å². The molecule has 1 fully saturated rings. The number of carboxylic acid groups (broad SMARTS) is 1. The van der Waals surface area contributed by atoms with Crippen molar-refractivity contribution in [3.63, 3.8) is 0 Å². The van der Waals surface area contributed by atoms with E-state index < -0.39 is 22.5 Å². The van der Waals surface area contributed by atoms with Gasteiger partial charge in [0.1, 0.15) is 6.54 Å². The Kier molecular flexibility index (Phi) is 4.36. The molecule has 110 valence electrons. The van der Waals surface area contributed by atoms with E-state index in [0.717, 1.165) is 17.1 Å². The van der Waals surface area contributed by atoms with Gasteiger partial charge in [0.15, 0.2) is 0 Å². The topological polar surface area (TPSA) is 74.7 Å². The van der Waals surface area contributed by atoms with Crippen molar-refractivity contribution in [3.05, 3.63) is 28.8 Å². The lowest BCUT2D eigenvalue weighted by Gasteiger charge is -2.21. The lowest BCUT2D eigenvalue weighted by Crippen LogP contribution is -2.37. The number of nitrogens with zero attached hydrogens (tertiary/aromatic N) is 1. The predicted molar refractivity (Wildman–Crippen MR) is 75.3 cm³/mol. The van der Waals surface area contributed by atoms with Gasteiger partial charge in [-0.3, -0.25) is 4.79 Å². The molecule has 1 aliphatic rings. The number of hydrogen-bond donors (Lipinski definition) is 1. The Morgan fingerprint density at radius 3 is 2.60 bits per heavy atom. The summed E-state index contributed by atoms with van der Waals surface area (Å²) >= 11 is 5.82. The van der Waals surface area contributed by atoms with Crippen LogP contribution in [0.3, 0.4) is 0 Å². The van der Waals surface area contributed by atoms with E-state index in [9.17, 15) is 13.2 Å². The molecule has 0 heterocycles. The van der Waals surface area contributed by atoms with Crippen LogP contribution in [0.25, 0.3) is 0 Å². The molecule has 7 heteroatoms. The number of sulfonamides is 1. The maximum absolute atomic E-state index is 12.6. The molecule has 0 aliphatic heterocycles. The van der Waals surface area contributed by atoms with Crippen LogP contribution in [0.5, 0.6) is 0 Å². The summed E-state index contributed by atoms with van der Waals surface area (Å²) in [6, 6.07) is 4.48. The molecule has 0 amide bonds. The van der Waals surface area contributed by atoms with E-state index in [-0.39, 0.29) is 17.4 Å². The van der Waals surface area contributed by atoms with Crippen molar-refractivity contribution in [2.45, 2.75) is 24.7 Å². The fourth-order valence-electron chi connectivity index (χ4n) is 2.03. The Labute approximate surface area is 123 Å². The fourth-order valence-corrected chi connectivity index (χ4v) is 3.93. The summed E-state index contributed by atoms with van der Waals surface area (Å²) in [6.45, 7) is 1.40. The number of aliphatic carboxylic acids is 1. The number of carbonyl (C=O) groups is 1. The van der Waals surface area contributed by atoms with E-state index in [1.165, 1.54) is 12.1 Å². The van der Waals surface area contributed by atoms with Crippen molar-refractivity contribution in [2.75, 3.05) is 13.1 Å². The molecule has 0 spiro atoms. The molecule has 0 unspecified atom stereocenters. The Balaban J connectivity index is 2.35. The molecule has 0 saturated heterocycles. The van der Waals surface area contributed by atoms with Crippen molar-refractivity contribution in [1.29, 1.82) is 0 Å². The molecule has 0 atom stereocenters. The standard InChI is InChI=1S/C13H16ClNO4S/c1-9-6-11(14)4-5-12(9)20(18,19)15(8-13(16)17)7-10-2-3-10/h4-6,10H,2-3,7-8H2,1H3,(H,16,17). The third-order valence-corrected chi connectivity index (χ3v) is 5.43. The maximum atomic E-state index is 12.6. The van der Waals surface area contributed by atoms with Crippen LogP contribution >= 0.6 is 11.6 Å². The fraction of sp³-hybridized carbons (Fsp3) is 0.462. The predicted octanol–water partition coefficient (Wildman–Crippen LogP) is 2.13. The van der Waals surface area contributed by atoms with Gasteiger partial charge in [0.05, 0.1) is 4.90 Å².